The lowest BCUT2D eigenvalue weighted by atomic mass is 10.1. The lowest BCUT2D eigenvalue weighted by molar-refractivity contribution is -0.131. The van der Waals surface area contributed by atoms with E-state index in [1.807, 2.05) is 11.9 Å². The predicted molar refractivity (Wildman–Crippen MR) is 77.0 cm³/mol. The van der Waals surface area contributed by atoms with E-state index in [1.54, 1.807) is 0 Å². The Balaban J connectivity index is 1.83. The zero-order chi connectivity index (χ0) is 13.7. The Morgan fingerprint density at radius 1 is 1.26 bits per heavy atom. The molecule has 0 bridgehead atoms. The Hall–Kier alpha value is -1.39. The molecule has 4 heteroatoms. The van der Waals surface area contributed by atoms with Crippen LogP contribution in [0.15, 0.2) is 24.3 Å². The second-order valence-corrected chi connectivity index (χ2v) is 5.26. The first-order chi connectivity index (χ1) is 9.15. The molecule has 0 aromatic heterocycles. The van der Waals surface area contributed by atoms with Crippen LogP contribution in [0, 0.1) is 6.92 Å². The fraction of sp³-hybridized carbons (Fsp3) is 0.533. The summed E-state index contributed by atoms with van der Waals surface area (Å²) in [6.45, 7) is 7.18. The van der Waals surface area contributed by atoms with Crippen molar-refractivity contribution in [2.75, 3.05) is 39.8 Å². The molecule has 1 aromatic carbocycles. The minimum atomic E-state index is 0.197. The molecule has 0 saturated carbocycles. The highest BCUT2D eigenvalue weighted by Gasteiger charge is 2.16. The minimum absolute atomic E-state index is 0.197. The number of nitrogens with zero attached hydrogens (tertiary/aromatic N) is 2. The molecule has 104 valence electrons. The van der Waals surface area contributed by atoms with Crippen molar-refractivity contribution < 1.29 is 4.79 Å². The van der Waals surface area contributed by atoms with Crippen LogP contribution in [0.25, 0.3) is 0 Å². The van der Waals surface area contributed by atoms with Crippen molar-refractivity contribution in [3.05, 3.63) is 35.4 Å². The summed E-state index contributed by atoms with van der Waals surface area (Å²) in [6.07, 6.45) is 0. The third kappa shape index (κ3) is 4.33. The van der Waals surface area contributed by atoms with Crippen LogP contribution in [0.4, 0.5) is 0 Å². The number of carbonyl (C=O) groups excluding carboxylic acids is 1. The summed E-state index contributed by atoms with van der Waals surface area (Å²) >= 11 is 0. The quantitative estimate of drug-likeness (QED) is 0.873. The Bertz CT molecular complexity index is 410. The van der Waals surface area contributed by atoms with Gasteiger partial charge in [0.15, 0.2) is 0 Å². The highest BCUT2D eigenvalue weighted by molar-refractivity contribution is 5.78. The molecule has 1 saturated heterocycles. The summed E-state index contributed by atoms with van der Waals surface area (Å²) in [4.78, 5) is 16.2. The standard InChI is InChI=1S/C15H23N3O/c1-13-3-5-14(6-4-13)11-17(2)15(19)12-18-9-7-16-8-10-18/h3-6,16H,7-12H2,1-2H3. The molecule has 19 heavy (non-hydrogen) atoms. The second kappa shape index (κ2) is 6.68. The van der Waals surface area contributed by atoms with Crippen LogP contribution in [-0.4, -0.2) is 55.5 Å². The SMILES string of the molecule is Cc1ccc(CN(C)C(=O)CN2CCNCC2)cc1. The summed E-state index contributed by atoms with van der Waals surface area (Å²) in [5.41, 5.74) is 2.43. The molecule has 1 aliphatic rings. The van der Waals surface area contributed by atoms with Gasteiger partial charge in [-0.05, 0) is 12.5 Å². The Morgan fingerprint density at radius 3 is 2.53 bits per heavy atom. The van der Waals surface area contributed by atoms with Crippen molar-refractivity contribution in [2.45, 2.75) is 13.5 Å². The normalized spacial score (nSPS) is 16.3. The number of rotatable bonds is 4. The number of piperazine rings is 1. The molecule has 0 atom stereocenters. The number of amides is 1. The Labute approximate surface area is 115 Å². The summed E-state index contributed by atoms with van der Waals surface area (Å²) in [7, 11) is 1.88. The van der Waals surface area contributed by atoms with E-state index in [1.165, 1.54) is 11.1 Å². The van der Waals surface area contributed by atoms with Gasteiger partial charge in [0.05, 0.1) is 6.54 Å². The highest BCUT2D eigenvalue weighted by Crippen LogP contribution is 2.06. The molecule has 1 aliphatic heterocycles. The van der Waals surface area contributed by atoms with Gasteiger partial charge in [-0.25, -0.2) is 0 Å². The first kappa shape index (κ1) is 14.0. The van der Waals surface area contributed by atoms with Gasteiger partial charge in [0.1, 0.15) is 0 Å². The van der Waals surface area contributed by atoms with E-state index in [0.717, 1.165) is 26.2 Å². The van der Waals surface area contributed by atoms with Crippen molar-refractivity contribution in [1.82, 2.24) is 15.1 Å². The zero-order valence-electron chi connectivity index (χ0n) is 11.9. The second-order valence-electron chi connectivity index (χ2n) is 5.26. The lowest BCUT2D eigenvalue weighted by Crippen LogP contribution is -2.47. The maximum absolute atomic E-state index is 12.1. The average Bonchev–Trinajstić information content (AvgIpc) is 2.42. The summed E-state index contributed by atoms with van der Waals surface area (Å²) in [5.74, 6) is 0.197. The van der Waals surface area contributed by atoms with Gasteiger partial charge >= 0.3 is 0 Å². The fourth-order valence-corrected chi connectivity index (χ4v) is 2.24. The van der Waals surface area contributed by atoms with Crippen LogP contribution in [0.5, 0.6) is 0 Å². The molecule has 0 aliphatic carbocycles. The molecule has 1 heterocycles. The van der Waals surface area contributed by atoms with Gasteiger partial charge in [-0.1, -0.05) is 29.8 Å². The smallest absolute Gasteiger partial charge is 0.236 e. The van der Waals surface area contributed by atoms with Crippen molar-refractivity contribution in [1.29, 1.82) is 0 Å². The maximum Gasteiger partial charge on any atom is 0.236 e. The van der Waals surface area contributed by atoms with Crippen molar-refractivity contribution >= 4 is 5.91 Å². The van der Waals surface area contributed by atoms with Crippen LogP contribution >= 0.6 is 0 Å². The third-order valence-corrected chi connectivity index (χ3v) is 3.53. The first-order valence-electron chi connectivity index (χ1n) is 6.88. The van der Waals surface area contributed by atoms with Gasteiger partial charge in [0, 0.05) is 39.8 Å². The number of carbonyl (C=O) groups is 1. The zero-order valence-corrected chi connectivity index (χ0v) is 11.9. The molecule has 1 N–H and O–H groups in total. The molecular weight excluding hydrogens is 238 g/mol. The number of benzene rings is 1. The molecule has 0 spiro atoms. The first-order valence-corrected chi connectivity index (χ1v) is 6.88. The third-order valence-electron chi connectivity index (χ3n) is 3.53. The van der Waals surface area contributed by atoms with Crippen LogP contribution in [0.3, 0.4) is 0 Å². The molecule has 2 rings (SSSR count). The van der Waals surface area contributed by atoms with Gasteiger partial charge in [-0.15, -0.1) is 0 Å². The van der Waals surface area contributed by atoms with E-state index in [0.29, 0.717) is 13.1 Å². The van der Waals surface area contributed by atoms with Crippen LogP contribution in [0.2, 0.25) is 0 Å². The van der Waals surface area contributed by atoms with E-state index < -0.39 is 0 Å². The van der Waals surface area contributed by atoms with E-state index >= 15 is 0 Å². The highest BCUT2D eigenvalue weighted by atomic mass is 16.2. The molecule has 0 radical (unpaired) electrons. The lowest BCUT2D eigenvalue weighted by Gasteiger charge is -2.28. The molecule has 1 fully saturated rings. The van der Waals surface area contributed by atoms with Crippen LogP contribution < -0.4 is 5.32 Å². The van der Waals surface area contributed by atoms with Crippen LogP contribution in [-0.2, 0) is 11.3 Å². The predicted octanol–water partition coefficient (Wildman–Crippen LogP) is 0.859. The Kier molecular flexibility index (Phi) is 4.93. The van der Waals surface area contributed by atoms with Gasteiger partial charge < -0.3 is 10.2 Å². The van der Waals surface area contributed by atoms with E-state index in [-0.39, 0.29) is 5.91 Å². The van der Waals surface area contributed by atoms with Gasteiger partial charge in [-0.2, -0.15) is 0 Å². The van der Waals surface area contributed by atoms with E-state index in [9.17, 15) is 4.79 Å². The molecule has 1 aromatic rings. The number of likely N-dealkylation sites (N-methyl/N-ethyl adjacent to an activating group) is 1. The number of hydrogen-bond acceptors (Lipinski definition) is 3. The number of hydrogen-bond donors (Lipinski definition) is 1. The molecule has 4 nitrogen and oxygen atoms in total. The minimum Gasteiger partial charge on any atom is -0.340 e. The Morgan fingerprint density at radius 2 is 1.89 bits per heavy atom. The summed E-state index contributed by atoms with van der Waals surface area (Å²) < 4.78 is 0. The topological polar surface area (TPSA) is 35.6 Å². The fourth-order valence-electron chi connectivity index (χ4n) is 2.24. The van der Waals surface area contributed by atoms with Gasteiger partial charge in [-0.3, -0.25) is 9.69 Å². The van der Waals surface area contributed by atoms with Crippen molar-refractivity contribution in [2.24, 2.45) is 0 Å². The maximum atomic E-state index is 12.1. The largest absolute Gasteiger partial charge is 0.340 e. The monoisotopic (exact) mass is 261 g/mol. The van der Waals surface area contributed by atoms with E-state index in [4.69, 9.17) is 0 Å². The van der Waals surface area contributed by atoms with Crippen molar-refractivity contribution in [3.63, 3.8) is 0 Å². The number of aryl methyl sites for hydroxylation is 1. The van der Waals surface area contributed by atoms with E-state index in [2.05, 4.69) is 41.4 Å². The average molecular weight is 261 g/mol. The van der Waals surface area contributed by atoms with Crippen LogP contribution in [0.1, 0.15) is 11.1 Å². The molecule has 0 unspecified atom stereocenters. The summed E-state index contributed by atoms with van der Waals surface area (Å²) in [5, 5.41) is 3.30. The van der Waals surface area contributed by atoms with Gasteiger partial charge in [0.25, 0.3) is 0 Å². The molecular formula is C15H23N3O. The van der Waals surface area contributed by atoms with Crippen molar-refractivity contribution in [3.8, 4) is 0 Å². The molecule has 1 amide bonds. The number of nitrogens with one attached hydrogen (secondary N) is 1. The van der Waals surface area contributed by atoms with Gasteiger partial charge in [0.2, 0.25) is 5.91 Å². The summed E-state index contributed by atoms with van der Waals surface area (Å²) in [6, 6.07) is 8.35.